The van der Waals surface area contributed by atoms with E-state index in [-0.39, 0.29) is 23.0 Å². The summed E-state index contributed by atoms with van der Waals surface area (Å²) in [4.78, 5) is 31.3. The molecule has 0 saturated heterocycles. The van der Waals surface area contributed by atoms with Gasteiger partial charge in [-0.15, -0.1) is 0 Å². The molecule has 0 atom stereocenters. The zero-order chi connectivity index (χ0) is 31.2. The van der Waals surface area contributed by atoms with E-state index in [2.05, 4.69) is 20.2 Å². The molecule has 8 rings (SSSR count). The van der Waals surface area contributed by atoms with Crippen molar-refractivity contribution < 1.29 is 28.2 Å². The number of hydrogen-bond donors (Lipinski definition) is 1. The van der Waals surface area contributed by atoms with Crippen molar-refractivity contribution >= 4 is 23.2 Å². The molecule has 12 heteroatoms. The predicted molar refractivity (Wildman–Crippen MR) is 159 cm³/mol. The van der Waals surface area contributed by atoms with Crippen LogP contribution in [-0.2, 0) is 4.74 Å². The molecule has 0 bridgehead atoms. The lowest BCUT2D eigenvalue weighted by Gasteiger charge is -2.06. The highest BCUT2D eigenvalue weighted by atomic mass is 19.1. The van der Waals surface area contributed by atoms with Crippen molar-refractivity contribution in [2.45, 2.75) is 37.5 Å². The number of nitrogens with zero attached hydrogens (tertiary/aromatic N) is 6. The van der Waals surface area contributed by atoms with Gasteiger partial charge in [-0.05, 0) is 98.2 Å². The number of aromatic carboxylic acids is 1. The highest BCUT2D eigenvalue weighted by Gasteiger charge is 2.29. The number of benzene rings is 2. The summed E-state index contributed by atoms with van der Waals surface area (Å²) >= 11 is 0. The Morgan fingerprint density at radius 1 is 0.733 bits per heavy atom. The summed E-state index contributed by atoms with van der Waals surface area (Å²) < 4.78 is 34.0. The van der Waals surface area contributed by atoms with Crippen LogP contribution in [0.15, 0.2) is 73.1 Å². The fraction of sp³-hybridized carbons (Fsp3) is 0.212. The van der Waals surface area contributed by atoms with E-state index in [4.69, 9.17) is 9.84 Å². The van der Waals surface area contributed by atoms with Gasteiger partial charge in [0.05, 0.1) is 30.9 Å². The van der Waals surface area contributed by atoms with Crippen molar-refractivity contribution in [3.63, 3.8) is 0 Å². The first-order valence-electron chi connectivity index (χ1n) is 14.4. The van der Waals surface area contributed by atoms with Crippen LogP contribution < -0.4 is 0 Å². The maximum absolute atomic E-state index is 13.1. The molecule has 6 aromatic rings. The molecule has 0 unspecified atom stereocenters. The van der Waals surface area contributed by atoms with Crippen molar-refractivity contribution in [2.24, 2.45) is 0 Å². The Balaban J connectivity index is 0.000000145. The van der Waals surface area contributed by atoms with Gasteiger partial charge in [-0.2, -0.15) is 10.2 Å². The number of halogens is 2. The van der Waals surface area contributed by atoms with Gasteiger partial charge in [0.15, 0.2) is 22.7 Å². The van der Waals surface area contributed by atoms with Gasteiger partial charge in [0.1, 0.15) is 11.6 Å². The average Bonchev–Trinajstić information content (AvgIpc) is 3.98. The Labute approximate surface area is 254 Å². The van der Waals surface area contributed by atoms with E-state index >= 15 is 0 Å². The first-order chi connectivity index (χ1) is 21.8. The molecule has 2 fully saturated rings. The molecule has 2 aromatic carbocycles. The van der Waals surface area contributed by atoms with Crippen molar-refractivity contribution in [1.29, 1.82) is 0 Å². The molecule has 2 aliphatic carbocycles. The van der Waals surface area contributed by atoms with Gasteiger partial charge in [0, 0.05) is 22.3 Å². The fourth-order valence-electron chi connectivity index (χ4n) is 5.22. The molecule has 45 heavy (non-hydrogen) atoms. The number of carbonyl (C=O) groups is 2. The Kier molecular flexibility index (Phi) is 7.03. The second kappa shape index (κ2) is 11.2. The smallest absolute Gasteiger partial charge is 0.358 e. The highest BCUT2D eigenvalue weighted by molar-refractivity contribution is 5.88. The quantitative estimate of drug-likeness (QED) is 0.218. The Morgan fingerprint density at radius 2 is 1.16 bits per heavy atom. The largest absolute Gasteiger partial charge is 0.476 e. The van der Waals surface area contributed by atoms with Crippen LogP contribution in [0, 0.1) is 11.6 Å². The van der Waals surface area contributed by atoms with Crippen LogP contribution in [0.3, 0.4) is 0 Å². The van der Waals surface area contributed by atoms with E-state index < -0.39 is 11.9 Å². The number of rotatable bonds is 6. The molecule has 2 saturated carbocycles. The molecule has 0 spiro atoms. The molecular weight excluding hydrogens is 582 g/mol. The Bertz CT molecular complexity index is 2080. The number of hydrogen-bond acceptors (Lipinski definition) is 7. The first kappa shape index (κ1) is 28.3. The van der Waals surface area contributed by atoms with Crippen molar-refractivity contribution in [3.8, 4) is 22.5 Å². The summed E-state index contributed by atoms with van der Waals surface area (Å²) in [6, 6.07) is 16.2. The van der Waals surface area contributed by atoms with Crippen LogP contribution in [-0.4, -0.2) is 53.4 Å². The van der Waals surface area contributed by atoms with Crippen LogP contribution in [0.25, 0.3) is 33.8 Å². The zero-order valence-corrected chi connectivity index (χ0v) is 24.0. The maximum atomic E-state index is 13.1. The second-order valence-corrected chi connectivity index (χ2v) is 11.1. The standard InChI is InChI=1S/C17H14FN3O2.C16H12FN3O2/c1-23-17(22)15-9-21-16(19-15)13(10-2-3-10)8-14(20-21)11-4-6-12(18)7-5-11;17-11-5-3-10(4-6-11)13-7-12(9-1-2-9)15-18-14(16(21)22)8-20(15)19-13/h4-10H,2-3H2,1H3;3-9H,1-2H2,(H,21,22). The van der Waals surface area contributed by atoms with E-state index in [9.17, 15) is 18.4 Å². The lowest BCUT2D eigenvalue weighted by molar-refractivity contribution is 0.0594. The van der Waals surface area contributed by atoms with Crippen LogP contribution in [0.4, 0.5) is 8.78 Å². The number of ether oxygens (including phenoxy) is 1. The minimum atomic E-state index is -1.07. The summed E-state index contributed by atoms with van der Waals surface area (Å²) in [5, 5.41) is 18.0. The molecule has 10 nitrogen and oxygen atoms in total. The third-order valence-electron chi connectivity index (χ3n) is 7.84. The van der Waals surface area contributed by atoms with E-state index in [1.165, 1.54) is 42.1 Å². The second-order valence-electron chi connectivity index (χ2n) is 11.1. The molecular formula is C33H26F2N6O4. The number of carboxylic acid groups (broad SMARTS) is 1. The summed E-state index contributed by atoms with van der Waals surface area (Å²) in [6.45, 7) is 0. The Hall–Kier alpha value is -5.52. The molecule has 226 valence electrons. The van der Waals surface area contributed by atoms with Crippen molar-refractivity contribution in [1.82, 2.24) is 29.2 Å². The highest BCUT2D eigenvalue weighted by Crippen LogP contribution is 2.43. The molecule has 4 aromatic heterocycles. The number of imidazole rings is 2. The van der Waals surface area contributed by atoms with E-state index in [1.54, 1.807) is 35.0 Å². The lowest BCUT2D eigenvalue weighted by atomic mass is 10.1. The SMILES string of the molecule is COC(=O)c1cn2nc(-c3ccc(F)cc3)cc(C3CC3)c2n1.O=C(O)c1cn2nc(-c3ccc(F)cc3)cc(C3CC3)c2n1. The van der Waals surface area contributed by atoms with Gasteiger partial charge in [0.2, 0.25) is 0 Å². The predicted octanol–water partition coefficient (Wildman–Crippen LogP) is 6.31. The Morgan fingerprint density at radius 3 is 1.56 bits per heavy atom. The van der Waals surface area contributed by atoms with E-state index in [0.717, 1.165) is 53.6 Å². The van der Waals surface area contributed by atoms with Gasteiger partial charge in [-0.25, -0.2) is 37.4 Å². The summed E-state index contributed by atoms with van der Waals surface area (Å²) in [7, 11) is 1.32. The van der Waals surface area contributed by atoms with E-state index in [1.807, 2.05) is 12.1 Å². The summed E-state index contributed by atoms with van der Waals surface area (Å²) in [6.07, 6.45) is 7.32. The fourth-order valence-corrected chi connectivity index (χ4v) is 5.22. The van der Waals surface area contributed by atoms with Crippen LogP contribution in [0.1, 0.15) is 69.6 Å². The minimum absolute atomic E-state index is 0.0225. The zero-order valence-electron chi connectivity index (χ0n) is 24.0. The number of aromatic nitrogens is 6. The maximum Gasteiger partial charge on any atom is 0.358 e. The first-order valence-corrected chi connectivity index (χ1v) is 14.4. The molecule has 0 amide bonds. The third kappa shape index (κ3) is 5.74. The number of esters is 1. The van der Waals surface area contributed by atoms with Crippen LogP contribution >= 0.6 is 0 Å². The number of carbonyl (C=O) groups excluding carboxylic acids is 1. The van der Waals surface area contributed by atoms with Crippen molar-refractivity contribution in [2.75, 3.05) is 7.11 Å². The van der Waals surface area contributed by atoms with Gasteiger partial charge in [0.25, 0.3) is 0 Å². The molecule has 2 aliphatic rings. The van der Waals surface area contributed by atoms with Gasteiger partial charge < -0.3 is 9.84 Å². The molecule has 4 heterocycles. The number of carboxylic acids is 1. The average molecular weight is 609 g/mol. The summed E-state index contributed by atoms with van der Waals surface area (Å²) in [5.74, 6) is -1.31. The number of fused-ring (bicyclic) bond motifs is 2. The van der Waals surface area contributed by atoms with E-state index in [0.29, 0.717) is 28.8 Å². The van der Waals surface area contributed by atoms with Crippen LogP contribution in [0.2, 0.25) is 0 Å². The van der Waals surface area contributed by atoms with Crippen LogP contribution in [0.5, 0.6) is 0 Å². The normalized spacial score (nSPS) is 14.3. The molecule has 1 N–H and O–H groups in total. The molecule has 0 aliphatic heterocycles. The van der Waals surface area contributed by atoms with Crippen molar-refractivity contribution in [3.05, 3.63) is 107 Å². The topological polar surface area (TPSA) is 124 Å². The monoisotopic (exact) mass is 608 g/mol. The van der Waals surface area contributed by atoms with Gasteiger partial charge in [-0.1, -0.05) is 0 Å². The van der Waals surface area contributed by atoms with Gasteiger partial charge >= 0.3 is 11.9 Å². The minimum Gasteiger partial charge on any atom is -0.476 e. The molecule has 0 radical (unpaired) electrons. The third-order valence-corrected chi connectivity index (χ3v) is 7.84. The lowest BCUT2D eigenvalue weighted by Crippen LogP contribution is -2.00. The summed E-state index contributed by atoms with van der Waals surface area (Å²) in [5.41, 5.74) is 6.57. The van der Waals surface area contributed by atoms with Gasteiger partial charge in [-0.3, -0.25) is 0 Å². The number of methoxy groups -OCH3 is 1.